The van der Waals surface area contributed by atoms with Gasteiger partial charge in [-0.3, -0.25) is 9.59 Å². The average Bonchev–Trinajstić information content (AvgIpc) is 2.45. The van der Waals surface area contributed by atoms with Gasteiger partial charge < -0.3 is 10.6 Å². The number of benzene rings is 1. The molecule has 4 nitrogen and oxygen atoms in total. The molecule has 1 unspecified atom stereocenters. The van der Waals surface area contributed by atoms with Gasteiger partial charge in [0.2, 0.25) is 5.91 Å². The molecule has 0 aliphatic rings. The average molecular weight is 304 g/mol. The molecule has 0 aliphatic carbocycles. The number of anilines is 1. The predicted octanol–water partition coefficient (Wildman–Crippen LogP) is 3.84. The van der Waals surface area contributed by atoms with Crippen molar-refractivity contribution in [3.8, 4) is 0 Å². The molecule has 4 heteroatoms. The molecule has 0 aromatic heterocycles. The van der Waals surface area contributed by atoms with Crippen LogP contribution in [-0.2, 0) is 4.79 Å². The van der Waals surface area contributed by atoms with Crippen molar-refractivity contribution in [1.29, 1.82) is 0 Å². The molecule has 1 aromatic carbocycles. The number of hydrogen-bond acceptors (Lipinski definition) is 2. The second-order valence-corrected chi connectivity index (χ2v) is 6.30. The first-order valence-corrected chi connectivity index (χ1v) is 8.11. The molecular formula is C18H28N2O2. The fraction of sp³-hybridized carbons (Fsp3) is 0.556. The monoisotopic (exact) mass is 304 g/mol. The number of para-hydroxylation sites is 1. The lowest BCUT2D eigenvalue weighted by Gasteiger charge is -2.14. The summed E-state index contributed by atoms with van der Waals surface area (Å²) in [6.07, 6.45) is 2.59. The van der Waals surface area contributed by atoms with E-state index in [-0.39, 0.29) is 11.8 Å². The van der Waals surface area contributed by atoms with Gasteiger partial charge in [0.05, 0.1) is 11.3 Å². The van der Waals surface area contributed by atoms with Crippen LogP contribution in [-0.4, -0.2) is 18.4 Å². The first kappa shape index (κ1) is 18.2. The van der Waals surface area contributed by atoms with Crippen LogP contribution in [0.1, 0.15) is 57.3 Å². The Bertz CT molecular complexity index is 498. The van der Waals surface area contributed by atoms with Crippen molar-refractivity contribution in [2.24, 2.45) is 11.8 Å². The molecule has 2 amide bonds. The molecule has 0 radical (unpaired) electrons. The highest BCUT2D eigenvalue weighted by atomic mass is 16.2. The zero-order chi connectivity index (χ0) is 16.5. The van der Waals surface area contributed by atoms with Gasteiger partial charge >= 0.3 is 0 Å². The first-order chi connectivity index (χ1) is 10.4. The summed E-state index contributed by atoms with van der Waals surface area (Å²) in [5, 5.41) is 5.75. The van der Waals surface area contributed by atoms with Gasteiger partial charge in [-0.25, -0.2) is 0 Å². The summed E-state index contributed by atoms with van der Waals surface area (Å²) < 4.78 is 0. The van der Waals surface area contributed by atoms with E-state index < -0.39 is 0 Å². The number of nitrogens with one attached hydrogen (secondary N) is 2. The van der Waals surface area contributed by atoms with Gasteiger partial charge in [-0.2, -0.15) is 0 Å². The molecule has 1 rings (SSSR count). The third kappa shape index (κ3) is 6.29. The van der Waals surface area contributed by atoms with Crippen molar-refractivity contribution in [3.05, 3.63) is 29.8 Å². The van der Waals surface area contributed by atoms with Crippen LogP contribution in [0.4, 0.5) is 5.69 Å². The molecule has 0 saturated carbocycles. The molecule has 122 valence electrons. The van der Waals surface area contributed by atoms with Gasteiger partial charge in [-0.15, -0.1) is 0 Å². The van der Waals surface area contributed by atoms with Crippen molar-refractivity contribution in [2.45, 2.75) is 47.0 Å². The Balaban J connectivity index is 2.71. The largest absolute Gasteiger partial charge is 0.352 e. The highest BCUT2D eigenvalue weighted by Crippen LogP contribution is 2.17. The van der Waals surface area contributed by atoms with E-state index in [0.717, 1.165) is 12.8 Å². The third-order valence-corrected chi connectivity index (χ3v) is 3.43. The number of hydrogen-bond donors (Lipinski definition) is 2. The molecule has 0 spiro atoms. The highest BCUT2D eigenvalue weighted by Gasteiger charge is 2.14. The van der Waals surface area contributed by atoms with E-state index >= 15 is 0 Å². The van der Waals surface area contributed by atoms with E-state index in [4.69, 9.17) is 0 Å². The maximum absolute atomic E-state index is 12.2. The highest BCUT2D eigenvalue weighted by molar-refractivity contribution is 6.03. The van der Waals surface area contributed by atoms with Crippen LogP contribution in [0.15, 0.2) is 24.3 Å². The van der Waals surface area contributed by atoms with Crippen molar-refractivity contribution >= 4 is 17.5 Å². The van der Waals surface area contributed by atoms with Crippen LogP contribution >= 0.6 is 0 Å². The van der Waals surface area contributed by atoms with Crippen LogP contribution in [0.3, 0.4) is 0 Å². The molecule has 0 aliphatic heterocycles. The van der Waals surface area contributed by atoms with E-state index in [1.165, 1.54) is 0 Å². The summed E-state index contributed by atoms with van der Waals surface area (Å²) in [5.74, 6) is 0.559. The van der Waals surface area contributed by atoms with Crippen LogP contribution in [0.5, 0.6) is 0 Å². The Morgan fingerprint density at radius 1 is 1.14 bits per heavy atom. The smallest absolute Gasteiger partial charge is 0.253 e. The van der Waals surface area contributed by atoms with Crippen LogP contribution < -0.4 is 10.6 Å². The lowest BCUT2D eigenvalue weighted by Crippen LogP contribution is -2.28. The minimum Gasteiger partial charge on any atom is -0.352 e. The molecule has 1 aromatic rings. The molecule has 1 atom stereocenters. The molecular weight excluding hydrogens is 276 g/mol. The molecule has 2 N–H and O–H groups in total. The van der Waals surface area contributed by atoms with E-state index in [9.17, 15) is 9.59 Å². The van der Waals surface area contributed by atoms with Gasteiger partial charge in [-0.1, -0.05) is 52.7 Å². The Kier molecular flexibility index (Phi) is 7.64. The molecule has 22 heavy (non-hydrogen) atoms. The van der Waals surface area contributed by atoms with Gasteiger partial charge in [0.15, 0.2) is 0 Å². The Morgan fingerprint density at radius 3 is 2.45 bits per heavy atom. The molecule has 0 saturated heterocycles. The van der Waals surface area contributed by atoms with E-state index in [0.29, 0.717) is 36.1 Å². The van der Waals surface area contributed by atoms with Gasteiger partial charge in [0, 0.05) is 13.0 Å². The lowest BCUT2D eigenvalue weighted by molar-refractivity contribution is -0.117. The third-order valence-electron chi connectivity index (χ3n) is 3.43. The quantitative estimate of drug-likeness (QED) is 0.766. The molecule has 0 bridgehead atoms. The number of rotatable bonds is 8. The SMILES string of the molecule is CCCC(C)CC(=O)Nc1ccccc1C(=O)NCC(C)C. The Hall–Kier alpha value is -1.84. The van der Waals surface area contributed by atoms with Crippen LogP contribution in [0.25, 0.3) is 0 Å². The second-order valence-electron chi connectivity index (χ2n) is 6.30. The second kappa shape index (κ2) is 9.23. The van der Waals surface area contributed by atoms with E-state index in [1.807, 2.05) is 19.9 Å². The maximum atomic E-state index is 12.2. The molecule has 0 fully saturated rings. The van der Waals surface area contributed by atoms with Crippen molar-refractivity contribution in [1.82, 2.24) is 5.32 Å². The maximum Gasteiger partial charge on any atom is 0.253 e. The minimum atomic E-state index is -0.147. The first-order valence-electron chi connectivity index (χ1n) is 8.11. The number of carbonyl (C=O) groups excluding carboxylic acids is 2. The van der Waals surface area contributed by atoms with Gasteiger partial charge in [-0.05, 0) is 24.0 Å². The van der Waals surface area contributed by atoms with Crippen LogP contribution in [0, 0.1) is 11.8 Å². The van der Waals surface area contributed by atoms with Crippen LogP contribution in [0.2, 0.25) is 0 Å². The summed E-state index contributed by atoms with van der Waals surface area (Å²) in [5.41, 5.74) is 1.09. The summed E-state index contributed by atoms with van der Waals surface area (Å²) in [4.78, 5) is 24.3. The summed E-state index contributed by atoms with van der Waals surface area (Å²) in [6, 6.07) is 7.14. The standard InChI is InChI=1S/C18H28N2O2/c1-5-8-14(4)11-17(21)20-16-10-7-6-9-15(16)18(22)19-12-13(2)3/h6-7,9-10,13-14H,5,8,11-12H2,1-4H3,(H,19,22)(H,20,21). The normalized spacial score (nSPS) is 12.0. The van der Waals surface area contributed by atoms with E-state index in [1.54, 1.807) is 18.2 Å². The summed E-state index contributed by atoms with van der Waals surface area (Å²) in [7, 11) is 0. The van der Waals surface area contributed by atoms with Gasteiger partial charge in [0.25, 0.3) is 5.91 Å². The van der Waals surface area contributed by atoms with Crippen molar-refractivity contribution in [3.63, 3.8) is 0 Å². The Labute approximate surface area is 133 Å². The van der Waals surface area contributed by atoms with Crippen molar-refractivity contribution < 1.29 is 9.59 Å². The zero-order valence-corrected chi connectivity index (χ0v) is 14.1. The van der Waals surface area contributed by atoms with Crippen molar-refractivity contribution in [2.75, 3.05) is 11.9 Å². The molecule has 0 heterocycles. The summed E-state index contributed by atoms with van der Waals surface area (Å²) >= 11 is 0. The Morgan fingerprint density at radius 2 is 1.82 bits per heavy atom. The van der Waals surface area contributed by atoms with E-state index in [2.05, 4.69) is 24.5 Å². The fourth-order valence-electron chi connectivity index (χ4n) is 2.29. The lowest BCUT2D eigenvalue weighted by atomic mass is 10.0. The number of amides is 2. The fourth-order valence-corrected chi connectivity index (χ4v) is 2.29. The zero-order valence-electron chi connectivity index (χ0n) is 14.1. The number of carbonyl (C=O) groups is 2. The van der Waals surface area contributed by atoms with Gasteiger partial charge in [0.1, 0.15) is 0 Å². The minimum absolute atomic E-state index is 0.0370. The summed E-state index contributed by atoms with van der Waals surface area (Å²) in [6.45, 7) is 8.90. The topological polar surface area (TPSA) is 58.2 Å². The predicted molar refractivity (Wildman–Crippen MR) is 90.9 cm³/mol.